The molecular weight excluding hydrogens is 730 g/mol. The molecular formula is C41H39Cl2FN6O4. The maximum absolute atomic E-state index is 17.4. The normalized spacial score (nSPS) is 23.8. The van der Waals surface area contributed by atoms with Crippen LogP contribution in [0.4, 0.5) is 4.39 Å². The number of hydrogen-bond acceptors (Lipinski definition) is 8. The zero-order valence-electron chi connectivity index (χ0n) is 29.9. The Hall–Kier alpha value is -4.47. The monoisotopic (exact) mass is 768 g/mol. The van der Waals surface area contributed by atoms with E-state index in [1.807, 2.05) is 17.0 Å². The van der Waals surface area contributed by atoms with Gasteiger partial charge in [0.2, 0.25) is 5.91 Å². The topological polar surface area (TPSA) is 126 Å². The predicted octanol–water partition coefficient (Wildman–Crippen LogP) is 7.88. The number of carbonyl (C=O) groups excluding carboxylic acids is 1. The SMILES string of the molecule is COc1ncccc1O[C@H]1C[C@H](c2cc3c(C(C)O)nc4c(F)c(-c5cccc(Cl)c5Cl)c(CCC#N)cc4c3n2[C@H]2[C@H]3CN[C@@H]2C3)N(C(=O)C2CC2)C1. The summed E-state index contributed by atoms with van der Waals surface area (Å²) in [6.45, 7) is 2.87. The van der Waals surface area contributed by atoms with Crippen LogP contribution in [-0.2, 0) is 11.2 Å². The fourth-order valence-electron chi connectivity index (χ4n) is 9.06. The molecule has 278 valence electrons. The molecule has 3 aliphatic heterocycles. The molecule has 2 saturated carbocycles. The van der Waals surface area contributed by atoms with Crippen LogP contribution in [0.25, 0.3) is 32.9 Å². The van der Waals surface area contributed by atoms with Crippen molar-refractivity contribution in [3.8, 4) is 28.8 Å². The molecule has 6 atom stereocenters. The highest BCUT2D eigenvalue weighted by atomic mass is 35.5. The van der Waals surface area contributed by atoms with Crippen molar-refractivity contribution >= 4 is 50.9 Å². The summed E-state index contributed by atoms with van der Waals surface area (Å²) < 4.78 is 31.7. The maximum Gasteiger partial charge on any atom is 0.256 e. The molecule has 5 aliphatic rings. The van der Waals surface area contributed by atoms with Gasteiger partial charge in [0.15, 0.2) is 11.6 Å². The summed E-state index contributed by atoms with van der Waals surface area (Å²) in [4.78, 5) is 25.2. The Bertz CT molecular complexity index is 2360. The molecule has 5 aromatic rings. The van der Waals surface area contributed by atoms with Crippen LogP contribution >= 0.6 is 23.2 Å². The fraction of sp³-hybridized carbons (Fsp3) is 0.415. The average molecular weight is 770 g/mol. The number of fused-ring (bicyclic) bond motifs is 4. The average Bonchev–Trinajstić information content (AvgIpc) is 3.44. The number of pyridine rings is 2. The number of aliphatic hydroxyl groups excluding tert-OH is 1. The molecule has 0 spiro atoms. The van der Waals surface area contributed by atoms with Gasteiger partial charge in [0.05, 0.1) is 59.2 Å². The molecule has 2 N–H and O–H groups in total. The van der Waals surface area contributed by atoms with Gasteiger partial charge in [0, 0.05) is 65.1 Å². The molecule has 2 bridgehead atoms. The Kier molecular flexibility index (Phi) is 8.93. The Morgan fingerprint density at radius 3 is 2.72 bits per heavy atom. The smallest absolute Gasteiger partial charge is 0.256 e. The molecule has 1 amide bonds. The van der Waals surface area contributed by atoms with E-state index in [1.165, 1.54) is 0 Å². The summed E-state index contributed by atoms with van der Waals surface area (Å²) in [7, 11) is 1.55. The van der Waals surface area contributed by atoms with Crippen molar-refractivity contribution in [3.63, 3.8) is 0 Å². The molecule has 5 fully saturated rings. The van der Waals surface area contributed by atoms with E-state index in [-0.39, 0.29) is 70.0 Å². The van der Waals surface area contributed by atoms with Gasteiger partial charge < -0.3 is 29.4 Å². The van der Waals surface area contributed by atoms with Gasteiger partial charge in [-0.2, -0.15) is 5.26 Å². The van der Waals surface area contributed by atoms with E-state index in [9.17, 15) is 15.2 Å². The number of carbonyl (C=O) groups is 1. The van der Waals surface area contributed by atoms with Gasteiger partial charge in [-0.25, -0.2) is 14.4 Å². The van der Waals surface area contributed by atoms with E-state index in [2.05, 4.69) is 27.0 Å². The van der Waals surface area contributed by atoms with Crippen molar-refractivity contribution in [2.75, 3.05) is 20.2 Å². The van der Waals surface area contributed by atoms with Gasteiger partial charge in [-0.05, 0) is 74.4 Å². The summed E-state index contributed by atoms with van der Waals surface area (Å²) in [6.07, 6.45) is 3.93. The number of halogens is 3. The molecule has 13 heteroatoms. The van der Waals surface area contributed by atoms with Gasteiger partial charge in [0.25, 0.3) is 5.88 Å². The number of nitrogens with one attached hydrogen (secondary N) is 1. The first kappa shape index (κ1) is 35.2. The lowest BCUT2D eigenvalue weighted by Crippen LogP contribution is -2.41. The molecule has 3 saturated heterocycles. The van der Waals surface area contributed by atoms with Crippen LogP contribution in [0.2, 0.25) is 10.0 Å². The predicted molar refractivity (Wildman–Crippen MR) is 203 cm³/mol. The maximum atomic E-state index is 17.4. The molecule has 0 radical (unpaired) electrons. The zero-order chi connectivity index (χ0) is 37.4. The number of nitrogens with zero attached hydrogens (tertiary/aromatic N) is 5. The third-order valence-corrected chi connectivity index (χ3v) is 12.5. The van der Waals surface area contributed by atoms with Crippen LogP contribution in [0, 0.1) is 29.0 Å². The first-order valence-electron chi connectivity index (χ1n) is 18.6. The summed E-state index contributed by atoms with van der Waals surface area (Å²) in [5, 5.41) is 26.4. The standard InChI is InChI=1S/C41H39Cl2FN6O4/c1-20(51)36-27-17-31(30-16-24(19-49(30)41(52)21-10-11-21)54-32-9-5-13-46-40(32)53-2)50(38-23-15-29(38)47-18-23)39(27)26-14-22(6-4-12-45)33(35(44)37(26)48-36)25-7-3-8-28(42)34(25)43/h3,5,7-9,13-14,17,20-21,23-24,29-30,38,47,51H,4,6,10-11,15-16,18-19H2,1-2H3/t20?,23-,24+,29-,30-,38+/m1/s1. The van der Waals surface area contributed by atoms with Crippen molar-refractivity contribution in [3.05, 3.63) is 81.5 Å². The number of nitriles is 1. The molecule has 2 aromatic carbocycles. The second-order valence-corrected chi connectivity index (χ2v) is 15.8. The van der Waals surface area contributed by atoms with Crippen molar-refractivity contribution in [1.29, 1.82) is 5.26 Å². The third kappa shape index (κ3) is 5.69. The van der Waals surface area contributed by atoms with Gasteiger partial charge in [-0.15, -0.1) is 0 Å². The second kappa shape index (κ2) is 13.7. The van der Waals surface area contributed by atoms with E-state index >= 15 is 4.39 Å². The van der Waals surface area contributed by atoms with Crippen molar-refractivity contribution in [2.24, 2.45) is 11.8 Å². The fourth-order valence-corrected chi connectivity index (χ4v) is 9.45. The molecule has 10 rings (SSSR count). The highest BCUT2D eigenvalue weighted by Gasteiger charge is 2.51. The number of amides is 1. The lowest BCUT2D eigenvalue weighted by atomic mass is 9.79. The third-order valence-electron chi connectivity index (χ3n) is 11.7. The van der Waals surface area contributed by atoms with Gasteiger partial charge in [-0.3, -0.25) is 4.79 Å². The summed E-state index contributed by atoms with van der Waals surface area (Å²) in [5.74, 6) is 0.691. The first-order chi connectivity index (χ1) is 26.2. The van der Waals surface area contributed by atoms with E-state index in [1.54, 1.807) is 44.5 Å². The van der Waals surface area contributed by atoms with Gasteiger partial charge in [-0.1, -0.05) is 35.3 Å². The number of rotatable bonds is 10. The Morgan fingerprint density at radius 2 is 2.02 bits per heavy atom. The summed E-state index contributed by atoms with van der Waals surface area (Å²) in [5.41, 5.74) is 3.35. The van der Waals surface area contributed by atoms with E-state index < -0.39 is 11.9 Å². The lowest BCUT2D eigenvalue weighted by molar-refractivity contribution is -0.133. The zero-order valence-corrected chi connectivity index (χ0v) is 31.4. The minimum absolute atomic E-state index is 0.0254. The van der Waals surface area contributed by atoms with Gasteiger partial charge >= 0.3 is 0 Å². The van der Waals surface area contributed by atoms with Crippen LogP contribution in [0.3, 0.4) is 0 Å². The van der Waals surface area contributed by atoms with Gasteiger partial charge in [0.1, 0.15) is 11.6 Å². The second-order valence-electron chi connectivity index (χ2n) is 15.0. The Labute approximate surface area is 321 Å². The lowest BCUT2D eigenvalue weighted by Gasteiger charge is -2.39. The molecule has 1 unspecified atom stereocenters. The van der Waals surface area contributed by atoms with Crippen molar-refractivity contribution in [1.82, 2.24) is 24.8 Å². The van der Waals surface area contributed by atoms with E-state index in [0.29, 0.717) is 58.1 Å². The largest absolute Gasteiger partial charge is 0.483 e. The number of aliphatic hydroxyl groups is 1. The number of aryl methyl sites for hydroxylation is 1. The number of hydrogen-bond donors (Lipinski definition) is 2. The Morgan fingerprint density at radius 1 is 1.19 bits per heavy atom. The summed E-state index contributed by atoms with van der Waals surface area (Å²) >= 11 is 13.1. The number of likely N-dealkylation sites (tertiary alicyclic amines) is 1. The minimum Gasteiger partial charge on any atom is -0.483 e. The van der Waals surface area contributed by atoms with Crippen molar-refractivity contribution < 1.29 is 23.8 Å². The first-order valence-corrected chi connectivity index (χ1v) is 19.3. The van der Waals surface area contributed by atoms with Crippen LogP contribution in [-0.4, -0.2) is 62.8 Å². The number of ether oxygens (including phenoxy) is 2. The van der Waals surface area contributed by atoms with Crippen molar-refractivity contribution in [2.45, 2.75) is 75.8 Å². The quantitative estimate of drug-likeness (QED) is 0.147. The highest BCUT2D eigenvalue weighted by molar-refractivity contribution is 6.43. The molecule has 2 aliphatic carbocycles. The molecule has 54 heavy (non-hydrogen) atoms. The highest BCUT2D eigenvalue weighted by Crippen LogP contribution is 2.52. The molecule has 10 nitrogen and oxygen atoms in total. The number of aromatic nitrogens is 3. The number of methoxy groups -OCH3 is 1. The molecule has 6 heterocycles. The van der Waals surface area contributed by atoms with E-state index in [0.717, 1.165) is 37.0 Å². The van der Waals surface area contributed by atoms with Crippen LogP contribution < -0.4 is 14.8 Å². The van der Waals surface area contributed by atoms with Crippen LogP contribution in [0.1, 0.15) is 74.2 Å². The van der Waals surface area contributed by atoms with Crippen LogP contribution in [0.5, 0.6) is 11.6 Å². The summed E-state index contributed by atoms with van der Waals surface area (Å²) in [6, 6.07) is 14.8. The minimum atomic E-state index is -1.03. The van der Waals surface area contributed by atoms with Crippen LogP contribution in [0.15, 0.2) is 48.7 Å². The molecule has 3 aromatic heterocycles. The number of benzene rings is 2. The Balaban J connectivity index is 1.29. The van der Waals surface area contributed by atoms with E-state index in [4.69, 9.17) is 37.7 Å².